The summed E-state index contributed by atoms with van der Waals surface area (Å²) >= 11 is 3.19. The third-order valence-corrected chi connectivity index (χ3v) is 3.22. The van der Waals surface area contributed by atoms with Gasteiger partial charge < -0.3 is 14.6 Å². The van der Waals surface area contributed by atoms with Gasteiger partial charge in [-0.2, -0.15) is 4.90 Å². The average Bonchev–Trinajstić information content (AvgIpc) is 2.36. The molecule has 0 aromatic heterocycles. The van der Waals surface area contributed by atoms with Crippen molar-refractivity contribution in [2.45, 2.75) is 52.7 Å². The normalized spacial score (nSPS) is 11.6. The van der Waals surface area contributed by atoms with Crippen LogP contribution in [0.2, 0.25) is 0 Å². The van der Waals surface area contributed by atoms with E-state index in [1.807, 2.05) is 0 Å². The van der Waals surface area contributed by atoms with Crippen LogP contribution < -0.4 is 4.90 Å². The van der Waals surface area contributed by atoms with E-state index in [0.29, 0.717) is 0 Å². The molecule has 0 radical (unpaired) electrons. The second kappa shape index (κ2) is 7.43. The van der Waals surface area contributed by atoms with E-state index in [1.54, 1.807) is 41.5 Å². The molecule has 25 heavy (non-hydrogen) atoms. The zero-order valence-electron chi connectivity index (χ0n) is 15.0. The molecule has 0 spiro atoms. The van der Waals surface area contributed by atoms with Crippen molar-refractivity contribution in [2.24, 2.45) is 0 Å². The number of carbonyl (C=O) groups is 3. The van der Waals surface area contributed by atoms with Crippen LogP contribution in [0.4, 0.5) is 15.3 Å². The van der Waals surface area contributed by atoms with Gasteiger partial charge in [-0.25, -0.2) is 14.4 Å². The highest BCUT2D eigenvalue weighted by molar-refractivity contribution is 9.10. The Morgan fingerprint density at radius 3 is 1.72 bits per heavy atom. The fourth-order valence-electron chi connectivity index (χ4n) is 1.71. The molecule has 0 saturated carbocycles. The molecule has 0 bridgehead atoms. The first-order chi connectivity index (χ1) is 11.2. The number of benzene rings is 1. The lowest BCUT2D eigenvalue weighted by Gasteiger charge is -2.29. The van der Waals surface area contributed by atoms with Crippen molar-refractivity contribution >= 4 is 39.8 Å². The molecule has 0 atom stereocenters. The Hall–Kier alpha value is -2.09. The number of hydrogen-bond donors (Lipinski definition) is 1. The summed E-state index contributed by atoms with van der Waals surface area (Å²) in [5.74, 6) is -1.13. The quantitative estimate of drug-likeness (QED) is 0.743. The molecule has 1 N–H and O–H groups in total. The molecule has 2 amide bonds. The van der Waals surface area contributed by atoms with Gasteiger partial charge in [0.1, 0.15) is 11.2 Å². The Labute approximate surface area is 155 Å². The van der Waals surface area contributed by atoms with Crippen LogP contribution in [0.15, 0.2) is 22.7 Å². The van der Waals surface area contributed by atoms with E-state index in [4.69, 9.17) is 14.6 Å². The van der Waals surface area contributed by atoms with E-state index >= 15 is 0 Å². The molecule has 0 unspecified atom stereocenters. The van der Waals surface area contributed by atoms with Crippen LogP contribution in [-0.2, 0) is 9.47 Å². The number of carboxylic acid groups (broad SMARTS) is 1. The number of hydrogen-bond acceptors (Lipinski definition) is 5. The first-order valence-corrected chi connectivity index (χ1v) is 8.29. The molecule has 1 aromatic carbocycles. The van der Waals surface area contributed by atoms with Gasteiger partial charge in [-0.1, -0.05) is 0 Å². The molecule has 7 nitrogen and oxygen atoms in total. The molecule has 138 valence electrons. The van der Waals surface area contributed by atoms with Crippen molar-refractivity contribution in [1.82, 2.24) is 0 Å². The molecule has 0 fully saturated rings. The predicted octanol–water partition coefficient (Wildman–Crippen LogP) is 4.82. The van der Waals surface area contributed by atoms with E-state index in [2.05, 4.69) is 15.9 Å². The van der Waals surface area contributed by atoms with Crippen LogP contribution in [0.5, 0.6) is 0 Å². The summed E-state index contributed by atoms with van der Waals surface area (Å²) in [4.78, 5) is 36.8. The standard InChI is InChI=1S/C17H22BrNO6/c1-16(2,3)24-14(22)19(15(23)25-17(4,5)6)12-8-7-10(13(20)21)9-11(12)18/h7-9H,1-6H3,(H,20,21). The number of imide groups is 1. The Kier molecular flexibility index (Phi) is 6.23. The molecule has 0 saturated heterocycles. The highest BCUT2D eigenvalue weighted by atomic mass is 79.9. The van der Waals surface area contributed by atoms with Gasteiger partial charge in [0.15, 0.2) is 0 Å². The van der Waals surface area contributed by atoms with Gasteiger partial charge >= 0.3 is 18.2 Å². The van der Waals surface area contributed by atoms with Gasteiger partial charge in [0, 0.05) is 4.47 Å². The van der Waals surface area contributed by atoms with E-state index < -0.39 is 29.4 Å². The molecular weight excluding hydrogens is 394 g/mol. The van der Waals surface area contributed by atoms with E-state index in [-0.39, 0.29) is 15.7 Å². The van der Waals surface area contributed by atoms with Crippen LogP contribution in [0.25, 0.3) is 0 Å². The molecule has 0 heterocycles. The topological polar surface area (TPSA) is 93.1 Å². The van der Waals surface area contributed by atoms with Gasteiger partial charge in [-0.3, -0.25) is 0 Å². The summed E-state index contributed by atoms with van der Waals surface area (Å²) in [6, 6.07) is 3.91. The minimum Gasteiger partial charge on any atom is -0.478 e. The van der Waals surface area contributed by atoms with Crippen molar-refractivity contribution in [1.29, 1.82) is 0 Å². The molecule has 1 aromatic rings. The number of rotatable bonds is 2. The first-order valence-electron chi connectivity index (χ1n) is 7.50. The SMILES string of the molecule is CC(C)(C)OC(=O)N(C(=O)OC(C)(C)C)c1ccc(C(=O)O)cc1Br. The van der Waals surface area contributed by atoms with Gasteiger partial charge in [-0.15, -0.1) is 0 Å². The maximum Gasteiger partial charge on any atom is 0.424 e. The lowest BCUT2D eigenvalue weighted by molar-refractivity contribution is 0.0430. The Balaban J connectivity index is 3.33. The summed E-state index contributed by atoms with van der Waals surface area (Å²) in [5, 5.41) is 9.05. The number of amides is 2. The highest BCUT2D eigenvalue weighted by Crippen LogP contribution is 2.30. The zero-order chi connectivity index (χ0) is 19.6. The molecule has 8 heteroatoms. The predicted molar refractivity (Wildman–Crippen MR) is 96.0 cm³/mol. The van der Waals surface area contributed by atoms with Gasteiger partial charge in [0.25, 0.3) is 0 Å². The maximum absolute atomic E-state index is 12.5. The molecule has 0 aliphatic rings. The smallest absolute Gasteiger partial charge is 0.424 e. The minimum absolute atomic E-state index is 0.00366. The Bertz CT molecular complexity index is 659. The third-order valence-electron chi connectivity index (χ3n) is 2.59. The van der Waals surface area contributed by atoms with Gasteiger partial charge in [0.05, 0.1) is 11.3 Å². The number of aromatic carboxylic acids is 1. The van der Waals surface area contributed by atoms with Gasteiger partial charge in [0.2, 0.25) is 0 Å². The van der Waals surface area contributed by atoms with Crippen LogP contribution in [0.1, 0.15) is 51.9 Å². The second-order valence-electron chi connectivity index (χ2n) is 7.27. The lowest BCUT2D eigenvalue weighted by Crippen LogP contribution is -2.44. The first kappa shape index (κ1) is 21.0. The fourth-order valence-corrected chi connectivity index (χ4v) is 2.26. The fraction of sp³-hybridized carbons (Fsp3) is 0.471. The summed E-state index contributed by atoms with van der Waals surface area (Å²) in [6.45, 7) is 10.0. The number of carboxylic acids is 1. The van der Waals surface area contributed by atoms with Crippen molar-refractivity contribution < 1.29 is 29.0 Å². The second-order valence-corrected chi connectivity index (χ2v) is 8.12. The summed E-state index contributed by atoms with van der Waals surface area (Å²) < 4.78 is 10.8. The number of nitrogens with zero attached hydrogens (tertiary/aromatic N) is 1. The minimum atomic E-state index is -1.13. The van der Waals surface area contributed by atoms with Crippen LogP contribution >= 0.6 is 15.9 Å². The van der Waals surface area contributed by atoms with E-state index in [0.717, 1.165) is 4.90 Å². The number of ether oxygens (including phenoxy) is 2. The van der Waals surface area contributed by atoms with Crippen molar-refractivity contribution in [3.63, 3.8) is 0 Å². The number of anilines is 1. The Morgan fingerprint density at radius 2 is 1.40 bits per heavy atom. The lowest BCUT2D eigenvalue weighted by atomic mass is 10.2. The summed E-state index contributed by atoms with van der Waals surface area (Å²) in [7, 11) is 0. The average molecular weight is 416 g/mol. The molecular formula is C17H22BrNO6. The molecule has 0 aliphatic carbocycles. The van der Waals surface area contributed by atoms with Crippen molar-refractivity contribution in [3.8, 4) is 0 Å². The Morgan fingerprint density at radius 1 is 0.960 bits per heavy atom. The number of halogens is 1. The van der Waals surface area contributed by atoms with Crippen molar-refractivity contribution in [2.75, 3.05) is 4.90 Å². The van der Waals surface area contributed by atoms with Crippen LogP contribution in [0.3, 0.4) is 0 Å². The summed E-state index contributed by atoms with van der Waals surface area (Å²) in [5.41, 5.74) is -1.53. The maximum atomic E-state index is 12.5. The van der Waals surface area contributed by atoms with E-state index in [9.17, 15) is 14.4 Å². The molecule has 0 aliphatic heterocycles. The monoisotopic (exact) mass is 415 g/mol. The number of carbonyl (C=O) groups excluding carboxylic acids is 2. The third kappa shape index (κ3) is 6.38. The van der Waals surface area contributed by atoms with Crippen LogP contribution in [0, 0.1) is 0 Å². The zero-order valence-corrected chi connectivity index (χ0v) is 16.6. The summed E-state index contributed by atoms with van der Waals surface area (Å²) in [6.07, 6.45) is -1.85. The van der Waals surface area contributed by atoms with Crippen LogP contribution in [-0.4, -0.2) is 34.5 Å². The molecule has 1 rings (SSSR count). The largest absolute Gasteiger partial charge is 0.478 e. The highest BCUT2D eigenvalue weighted by Gasteiger charge is 2.33. The van der Waals surface area contributed by atoms with E-state index in [1.165, 1.54) is 18.2 Å². The van der Waals surface area contributed by atoms with Crippen molar-refractivity contribution in [3.05, 3.63) is 28.2 Å². The van der Waals surface area contributed by atoms with Gasteiger partial charge in [-0.05, 0) is 75.7 Å².